The van der Waals surface area contributed by atoms with Crippen LogP contribution in [0.25, 0.3) is 0 Å². The quantitative estimate of drug-likeness (QED) is 0.807. The maximum atomic E-state index is 12.5. The minimum absolute atomic E-state index is 0.0840. The van der Waals surface area contributed by atoms with Crippen LogP contribution in [-0.4, -0.2) is 30.8 Å². The Balaban J connectivity index is 2.24. The summed E-state index contributed by atoms with van der Waals surface area (Å²) in [6.45, 7) is 2.18. The van der Waals surface area contributed by atoms with Gasteiger partial charge in [-0.3, -0.25) is 0 Å². The van der Waals surface area contributed by atoms with E-state index in [1.807, 2.05) is 0 Å². The van der Waals surface area contributed by atoms with Gasteiger partial charge in [0.25, 0.3) is 0 Å². The first-order valence-electron chi connectivity index (χ1n) is 6.51. The number of rotatable bonds is 3. The monoisotopic (exact) mass is 302 g/mol. The Labute approximate surface area is 119 Å². The Morgan fingerprint density at radius 1 is 1.42 bits per heavy atom. The highest BCUT2D eigenvalue weighted by atomic mass is 35.5. The van der Waals surface area contributed by atoms with Crippen molar-refractivity contribution in [3.05, 3.63) is 23.5 Å². The van der Waals surface area contributed by atoms with Gasteiger partial charge in [-0.05, 0) is 30.9 Å². The molecule has 0 radical (unpaired) electrons. The minimum atomic E-state index is -3.48. The van der Waals surface area contributed by atoms with E-state index in [4.69, 9.17) is 11.6 Å². The molecule has 0 aliphatic heterocycles. The molecule has 1 aliphatic carbocycles. The fraction of sp³-hybridized carbons (Fsp3) is 0.615. The lowest BCUT2D eigenvalue weighted by molar-refractivity contribution is 0.239. The molecule has 2 rings (SSSR count). The standard InChI is InChI=1S/C13H19ClN2O2S/c1-10-4-3-5-11(8-10)16(2)19(17,18)12-6-7-15-13(14)9-12/h6-7,9-11H,3-5,8H2,1-2H3. The van der Waals surface area contributed by atoms with Crippen LogP contribution in [0.2, 0.25) is 5.15 Å². The van der Waals surface area contributed by atoms with Gasteiger partial charge in [0.15, 0.2) is 0 Å². The van der Waals surface area contributed by atoms with Crippen LogP contribution in [0, 0.1) is 5.92 Å². The molecule has 4 nitrogen and oxygen atoms in total. The average Bonchev–Trinajstić information content (AvgIpc) is 2.38. The summed E-state index contributed by atoms with van der Waals surface area (Å²) in [4.78, 5) is 4.04. The lowest BCUT2D eigenvalue weighted by Crippen LogP contribution is -2.39. The summed E-state index contributed by atoms with van der Waals surface area (Å²) in [6, 6.07) is 2.98. The van der Waals surface area contributed by atoms with Crippen LogP contribution in [0.5, 0.6) is 0 Å². The minimum Gasteiger partial charge on any atom is -0.244 e. The Morgan fingerprint density at radius 3 is 2.79 bits per heavy atom. The van der Waals surface area contributed by atoms with Crippen molar-refractivity contribution in [2.24, 2.45) is 5.92 Å². The largest absolute Gasteiger partial charge is 0.244 e. The van der Waals surface area contributed by atoms with Crippen LogP contribution in [0.4, 0.5) is 0 Å². The molecule has 0 amide bonds. The topological polar surface area (TPSA) is 50.3 Å². The molecule has 1 aromatic heterocycles. The molecular formula is C13H19ClN2O2S. The van der Waals surface area contributed by atoms with E-state index in [2.05, 4.69) is 11.9 Å². The molecule has 1 saturated carbocycles. The van der Waals surface area contributed by atoms with Gasteiger partial charge in [0.05, 0.1) is 4.90 Å². The van der Waals surface area contributed by atoms with E-state index in [1.165, 1.54) is 29.1 Å². The molecule has 0 spiro atoms. The molecular weight excluding hydrogens is 284 g/mol. The summed E-state index contributed by atoms with van der Waals surface area (Å²) in [6.07, 6.45) is 5.55. The molecule has 0 bridgehead atoms. The summed E-state index contributed by atoms with van der Waals surface area (Å²) in [5.74, 6) is 0.581. The van der Waals surface area contributed by atoms with Crippen LogP contribution in [0.1, 0.15) is 32.6 Å². The Hall–Kier alpha value is -0.650. The molecule has 6 heteroatoms. The second-order valence-electron chi connectivity index (χ2n) is 5.26. The van der Waals surface area contributed by atoms with Gasteiger partial charge in [-0.2, -0.15) is 4.31 Å². The third-order valence-corrected chi connectivity index (χ3v) is 5.91. The van der Waals surface area contributed by atoms with Crippen LogP contribution >= 0.6 is 11.6 Å². The third-order valence-electron chi connectivity index (χ3n) is 3.80. The van der Waals surface area contributed by atoms with Crippen molar-refractivity contribution in [2.45, 2.75) is 43.5 Å². The number of hydrogen-bond donors (Lipinski definition) is 0. The van der Waals surface area contributed by atoms with Crippen molar-refractivity contribution in [3.63, 3.8) is 0 Å². The lowest BCUT2D eigenvalue weighted by atomic mass is 9.87. The SMILES string of the molecule is CC1CCCC(N(C)S(=O)(=O)c2ccnc(Cl)c2)C1. The molecule has 1 heterocycles. The molecule has 2 unspecified atom stereocenters. The summed E-state index contributed by atoms with van der Waals surface area (Å²) < 4.78 is 26.6. The highest BCUT2D eigenvalue weighted by Crippen LogP contribution is 2.30. The number of halogens is 1. The first-order valence-corrected chi connectivity index (χ1v) is 8.32. The van der Waals surface area contributed by atoms with E-state index in [0.29, 0.717) is 5.92 Å². The zero-order valence-electron chi connectivity index (χ0n) is 11.2. The van der Waals surface area contributed by atoms with Gasteiger partial charge in [-0.25, -0.2) is 13.4 Å². The summed E-state index contributed by atoms with van der Waals surface area (Å²) in [5.41, 5.74) is 0. The van der Waals surface area contributed by atoms with Crippen LogP contribution in [-0.2, 0) is 10.0 Å². The maximum Gasteiger partial charge on any atom is 0.243 e. The fourth-order valence-corrected chi connectivity index (χ4v) is 4.29. The van der Waals surface area contributed by atoms with Crippen molar-refractivity contribution in [1.82, 2.24) is 9.29 Å². The molecule has 0 N–H and O–H groups in total. The van der Waals surface area contributed by atoms with Crippen LogP contribution in [0.3, 0.4) is 0 Å². The Kier molecular flexibility index (Phi) is 4.48. The van der Waals surface area contributed by atoms with E-state index >= 15 is 0 Å². The lowest BCUT2D eigenvalue weighted by Gasteiger charge is -2.33. The first kappa shape index (κ1) is 14.8. The third kappa shape index (κ3) is 3.27. The Bertz CT molecular complexity index is 547. The van der Waals surface area contributed by atoms with Gasteiger partial charge >= 0.3 is 0 Å². The van der Waals surface area contributed by atoms with Crippen molar-refractivity contribution in [3.8, 4) is 0 Å². The number of aromatic nitrogens is 1. The number of hydrogen-bond acceptors (Lipinski definition) is 3. The smallest absolute Gasteiger partial charge is 0.243 e. The summed E-state index contributed by atoms with van der Waals surface area (Å²) in [5, 5.41) is 0.200. The first-order chi connectivity index (χ1) is 8.91. The predicted molar refractivity (Wildman–Crippen MR) is 75.6 cm³/mol. The number of sulfonamides is 1. The average molecular weight is 303 g/mol. The van der Waals surface area contributed by atoms with Crippen molar-refractivity contribution < 1.29 is 8.42 Å². The van der Waals surface area contributed by atoms with E-state index in [1.54, 1.807) is 7.05 Å². The zero-order valence-corrected chi connectivity index (χ0v) is 12.8. The molecule has 0 saturated heterocycles. The van der Waals surface area contributed by atoms with Gasteiger partial charge in [-0.15, -0.1) is 0 Å². The van der Waals surface area contributed by atoms with Crippen molar-refractivity contribution in [2.75, 3.05) is 7.05 Å². The van der Waals surface area contributed by atoms with E-state index < -0.39 is 10.0 Å². The van der Waals surface area contributed by atoms with Crippen LogP contribution < -0.4 is 0 Å². The fourth-order valence-electron chi connectivity index (χ4n) is 2.64. The molecule has 1 fully saturated rings. The molecule has 0 aromatic carbocycles. The Morgan fingerprint density at radius 2 is 2.16 bits per heavy atom. The second kappa shape index (κ2) is 5.77. The number of pyridine rings is 1. The van der Waals surface area contributed by atoms with Crippen LogP contribution in [0.15, 0.2) is 23.2 Å². The van der Waals surface area contributed by atoms with Crippen molar-refractivity contribution in [1.29, 1.82) is 0 Å². The molecule has 19 heavy (non-hydrogen) atoms. The highest BCUT2D eigenvalue weighted by molar-refractivity contribution is 7.89. The molecule has 1 aromatic rings. The van der Waals surface area contributed by atoms with Gasteiger partial charge in [-0.1, -0.05) is 31.4 Å². The summed E-state index contributed by atoms with van der Waals surface area (Å²) in [7, 11) is -1.82. The maximum absolute atomic E-state index is 12.5. The van der Waals surface area contributed by atoms with E-state index in [0.717, 1.165) is 19.3 Å². The van der Waals surface area contributed by atoms with Crippen molar-refractivity contribution >= 4 is 21.6 Å². The van der Waals surface area contributed by atoms with Gasteiger partial charge < -0.3 is 0 Å². The molecule has 106 valence electrons. The molecule has 2 atom stereocenters. The van der Waals surface area contributed by atoms with Gasteiger partial charge in [0.2, 0.25) is 10.0 Å². The molecule has 1 aliphatic rings. The van der Waals surface area contributed by atoms with E-state index in [-0.39, 0.29) is 16.1 Å². The predicted octanol–water partition coefficient (Wildman–Crippen LogP) is 2.93. The highest BCUT2D eigenvalue weighted by Gasteiger charge is 2.31. The van der Waals surface area contributed by atoms with E-state index in [9.17, 15) is 8.42 Å². The van der Waals surface area contributed by atoms with Gasteiger partial charge in [0, 0.05) is 19.3 Å². The zero-order chi connectivity index (χ0) is 14.0. The summed E-state index contributed by atoms with van der Waals surface area (Å²) >= 11 is 5.77. The van der Waals surface area contributed by atoms with Gasteiger partial charge in [0.1, 0.15) is 5.15 Å². The number of nitrogens with zero attached hydrogens (tertiary/aromatic N) is 2. The normalized spacial score (nSPS) is 24.6. The second-order valence-corrected chi connectivity index (χ2v) is 7.65.